The number of amides is 1. The number of nitrogens with zero attached hydrogens (tertiary/aromatic N) is 5. The first kappa shape index (κ1) is 14.9. The van der Waals surface area contributed by atoms with E-state index >= 15 is 0 Å². The minimum absolute atomic E-state index is 0.0856. The summed E-state index contributed by atoms with van der Waals surface area (Å²) in [7, 11) is 4.89. The highest BCUT2D eigenvalue weighted by atomic mass is 35.5. The first-order chi connectivity index (χ1) is 8.95. The monoisotopic (exact) mass is 279 g/mol. The molecule has 0 saturated carbocycles. The molecule has 6 nitrogen and oxygen atoms in total. The van der Waals surface area contributed by atoms with Crippen LogP contribution in [0, 0.1) is 11.5 Å². The Morgan fingerprint density at radius 2 is 2.16 bits per heavy atom. The fourth-order valence-electron chi connectivity index (χ4n) is 1.39. The Morgan fingerprint density at radius 3 is 2.63 bits per heavy atom. The van der Waals surface area contributed by atoms with Gasteiger partial charge in [0.15, 0.2) is 0 Å². The molecule has 0 aliphatic heterocycles. The van der Waals surface area contributed by atoms with E-state index in [-0.39, 0.29) is 11.7 Å². The van der Waals surface area contributed by atoms with Crippen LogP contribution in [0.5, 0.6) is 0 Å². The van der Waals surface area contributed by atoms with Crippen molar-refractivity contribution in [1.82, 2.24) is 14.8 Å². The number of carbonyl (C=O) groups is 1. The highest BCUT2D eigenvalue weighted by Crippen LogP contribution is 2.08. The number of carbonyl (C=O) groups excluding carboxylic acids is 1. The molecule has 100 valence electrons. The van der Waals surface area contributed by atoms with Gasteiger partial charge in [-0.05, 0) is 11.6 Å². The summed E-state index contributed by atoms with van der Waals surface area (Å²) in [5.74, 6) is -0.242. The van der Waals surface area contributed by atoms with Gasteiger partial charge < -0.3 is 9.80 Å². The first-order valence-electron chi connectivity index (χ1n) is 5.45. The van der Waals surface area contributed by atoms with E-state index in [4.69, 9.17) is 16.9 Å². The average molecular weight is 280 g/mol. The van der Waals surface area contributed by atoms with Gasteiger partial charge in [-0.2, -0.15) is 5.26 Å². The molecule has 1 rings (SSSR count). The fraction of sp³-hybridized carbons (Fsp3) is 0.333. The third-order valence-electron chi connectivity index (χ3n) is 2.32. The molecule has 0 atom stereocenters. The van der Waals surface area contributed by atoms with Crippen molar-refractivity contribution < 1.29 is 4.79 Å². The molecule has 0 radical (unpaired) electrons. The molecule has 0 N–H and O–H groups in total. The quantitative estimate of drug-likeness (QED) is 0.352. The number of pyridine rings is 1. The molecular formula is C12H14ClN5O. The van der Waals surface area contributed by atoms with E-state index in [0.717, 1.165) is 5.56 Å². The summed E-state index contributed by atoms with van der Waals surface area (Å²) >= 11 is 5.70. The maximum absolute atomic E-state index is 11.9. The van der Waals surface area contributed by atoms with E-state index in [1.165, 1.54) is 4.90 Å². The lowest BCUT2D eigenvalue weighted by atomic mass is 10.2. The Balaban J connectivity index is 2.87. The summed E-state index contributed by atoms with van der Waals surface area (Å²) in [5.41, 5.74) is 0.865. The van der Waals surface area contributed by atoms with E-state index in [1.54, 1.807) is 50.6 Å². The molecule has 1 aromatic rings. The van der Waals surface area contributed by atoms with Crippen LogP contribution in [-0.2, 0) is 11.3 Å². The normalized spacial score (nSPS) is 10.8. The third kappa shape index (κ3) is 4.23. The molecular weight excluding hydrogens is 266 g/mol. The van der Waals surface area contributed by atoms with Crippen LogP contribution in [0.1, 0.15) is 5.56 Å². The zero-order valence-corrected chi connectivity index (χ0v) is 11.7. The molecule has 0 aliphatic carbocycles. The molecule has 7 heteroatoms. The zero-order chi connectivity index (χ0) is 14.4. The summed E-state index contributed by atoms with van der Waals surface area (Å²) in [6.07, 6.45) is 3.26. The average Bonchev–Trinajstić information content (AvgIpc) is 2.37. The Kier molecular flexibility index (Phi) is 5.27. The molecule has 1 aromatic heterocycles. The van der Waals surface area contributed by atoms with Crippen molar-refractivity contribution >= 4 is 23.3 Å². The van der Waals surface area contributed by atoms with E-state index in [0.29, 0.717) is 11.7 Å². The third-order valence-corrected chi connectivity index (χ3v) is 2.55. The molecule has 1 heterocycles. The van der Waals surface area contributed by atoms with Gasteiger partial charge in [0.05, 0.1) is 0 Å². The summed E-state index contributed by atoms with van der Waals surface area (Å²) in [5, 5.41) is 9.06. The van der Waals surface area contributed by atoms with Gasteiger partial charge in [0, 0.05) is 33.9 Å². The zero-order valence-electron chi connectivity index (χ0n) is 11.0. The van der Waals surface area contributed by atoms with E-state index in [2.05, 4.69) is 9.98 Å². The van der Waals surface area contributed by atoms with Crippen molar-refractivity contribution in [3.8, 4) is 6.19 Å². The van der Waals surface area contributed by atoms with Crippen molar-refractivity contribution in [1.29, 1.82) is 5.26 Å². The molecule has 19 heavy (non-hydrogen) atoms. The number of likely N-dealkylation sites (N-methyl/N-ethyl adjacent to an activating group) is 2. The highest BCUT2D eigenvalue weighted by Gasteiger charge is 2.18. The minimum Gasteiger partial charge on any atom is -0.350 e. The maximum Gasteiger partial charge on any atom is 0.289 e. The second-order valence-corrected chi connectivity index (χ2v) is 4.47. The van der Waals surface area contributed by atoms with E-state index in [9.17, 15) is 4.79 Å². The summed E-state index contributed by atoms with van der Waals surface area (Å²) in [6, 6.07) is 3.47. The van der Waals surface area contributed by atoms with Crippen LogP contribution >= 0.6 is 11.6 Å². The molecule has 0 bridgehead atoms. The van der Waals surface area contributed by atoms with Gasteiger partial charge in [-0.3, -0.25) is 4.79 Å². The lowest BCUT2D eigenvalue weighted by Gasteiger charge is -2.21. The first-order valence-corrected chi connectivity index (χ1v) is 5.83. The van der Waals surface area contributed by atoms with Crippen LogP contribution in [0.25, 0.3) is 0 Å². The Hall–Kier alpha value is -2.13. The Bertz CT molecular complexity index is 518. The van der Waals surface area contributed by atoms with Crippen LogP contribution in [0.4, 0.5) is 0 Å². The van der Waals surface area contributed by atoms with Gasteiger partial charge in [0.1, 0.15) is 5.15 Å². The van der Waals surface area contributed by atoms with Gasteiger partial charge in [-0.15, -0.1) is 4.99 Å². The van der Waals surface area contributed by atoms with Crippen LogP contribution in [0.2, 0.25) is 5.15 Å². The van der Waals surface area contributed by atoms with Crippen LogP contribution < -0.4 is 0 Å². The van der Waals surface area contributed by atoms with Crippen molar-refractivity contribution in [3.05, 3.63) is 29.0 Å². The Morgan fingerprint density at radius 1 is 1.47 bits per heavy atom. The number of nitriles is 1. The summed E-state index contributed by atoms with van der Waals surface area (Å²) in [4.78, 5) is 22.4. The molecule has 0 spiro atoms. The highest BCUT2D eigenvalue weighted by molar-refractivity contribution is 6.37. The van der Waals surface area contributed by atoms with Crippen molar-refractivity contribution in [2.24, 2.45) is 4.99 Å². The van der Waals surface area contributed by atoms with E-state index in [1.807, 2.05) is 0 Å². The molecule has 0 aromatic carbocycles. The number of hydrogen-bond donors (Lipinski definition) is 0. The van der Waals surface area contributed by atoms with Gasteiger partial charge in [-0.25, -0.2) is 4.98 Å². The number of rotatable bonds is 2. The van der Waals surface area contributed by atoms with Gasteiger partial charge >= 0.3 is 0 Å². The number of amidine groups is 1. The minimum atomic E-state index is -0.328. The molecule has 0 aliphatic rings. The standard InChI is InChI=1S/C12H14ClN5O/c1-17(2)12(19)11(16-8-14)18(3)7-9-4-5-10(13)15-6-9/h4-6H,7H2,1-3H3. The van der Waals surface area contributed by atoms with Gasteiger partial charge in [-0.1, -0.05) is 17.7 Å². The predicted octanol–water partition coefficient (Wildman–Crippen LogP) is 1.13. The summed E-state index contributed by atoms with van der Waals surface area (Å²) in [6.45, 7) is 0.407. The van der Waals surface area contributed by atoms with Crippen LogP contribution in [-0.4, -0.2) is 47.7 Å². The van der Waals surface area contributed by atoms with Crippen LogP contribution in [0.15, 0.2) is 23.3 Å². The second-order valence-electron chi connectivity index (χ2n) is 4.08. The smallest absolute Gasteiger partial charge is 0.289 e. The van der Waals surface area contributed by atoms with Gasteiger partial charge in [0.25, 0.3) is 5.91 Å². The number of aliphatic imine (C=N–C) groups is 1. The van der Waals surface area contributed by atoms with Crippen LogP contribution in [0.3, 0.4) is 0 Å². The number of halogens is 1. The molecule has 0 saturated heterocycles. The molecule has 0 unspecified atom stereocenters. The van der Waals surface area contributed by atoms with Crippen molar-refractivity contribution in [3.63, 3.8) is 0 Å². The predicted molar refractivity (Wildman–Crippen MR) is 72.5 cm³/mol. The topological polar surface area (TPSA) is 72.6 Å². The lowest BCUT2D eigenvalue weighted by Crippen LogP contribution is -2.40. The number of aromatic nitrogens is 1. The SMILES string of the molecule is CN(C)C(=O)C(=NC#N)N(C)Cc1ccc(Cl)nc1. The summed E-state index contributed by atoms with van der Waals surface area (Å²) < 4.78 is 0. The Labute approximate surface area is 116 Å². The van der Waals surface area contributed by atoms with Crippen molar-refractivity contribution in [2.45, 2.75) is 6.54 Å². The largest absolute Gasteiger partial charge is 0.350 e. The van der Waals surface area contributed by atoms with E-state index < -0.39 is 0 Å². The maximum atomic E-state index is 11.9. The van der Waals surface area contributed by atoms with Gasteiger partial charge in [0.2, 0.25) is 12.0 Å². The number of hydrogen-bond acceptors (Lipinski definition) is 4. The molecule has 0 fully saturated rings. The lowest BCUT2D eigenvalue weighted by molar-refractivity contribution is -0.122. The molecule has 1 amide bonds. The second kappa shape index (κ2) is 6.71. The van der Waals surface area contributed by atoms with Crippen molar-refractivity contribution in [2.75, 3.05) is 21.1 Å². The fourth-order valence-corrected chi connectivity index (χ4v) is 1.50.